The van der Waals surface area contributed by atoms with Crippen molar-refractivity contribution in [1.82, 2.24) is 14.7 Å². The molecule has 0 saturated carbocycles. The highest BCUT2D eigenvalue weighted by atomic mass is 35.5. The minimum absolute atomic E-state index is 0.0499. The molecule has 1 unspecified atom stereocenters. The number of anilines is 1. The Morgan fingerprint density at radius 1 is 1.25 bits per heavy atom. The van der Waals surface area contributed by atoms with Crippen LogP contribution in [0, 0.1) is 0 Å². The zero-order valence-electron chi connectivity index (χ0n) is 13.8. The summed E-state index contributed by atoms with van der Waals surface area (Å²) in [5.74, 6) is 0.194. The Labute approximate surface area is 146 Å². The predicted molar refractivity (Wildman–Crippen MR) is 94.1 cm³/mol. The first-order valence-corrected chi connectivity index (χ1v) is 8.81. The number of piperidine rings is 1. The number of hydrogen-bond acceptors (Lipinski definition) is 3. The van der Waals surface area contributed by atoms with E-state index in [9.17, 15) is 4.79 Å². The van der Waals surface area contributed by atoms with Crippen LogP contribution in [0.4, 0.5) is 5.69 Å². The van der Waals surface area contributed by atoms with Crippen molar-refractivity contribution in [2.75, 3.05) is 18.0 Å². The van der Waals surface area contributed by atoms with Gasteiger partial charge in [0.15, 0.2) is 0 Å². The van der Waals surface area contributed by atoms with Gasteiger partial charge >= 0.3 is 0 Å². The molecule has 1 aromatic carbocycles. The van der Waals surface area contributed by atoms with E-state index in [1.54, 1.807) is 10.9 Å². The molecule has 2 aliphatic heterocycles. The minimum atomic E-state index is -0.0499. The third-order valence-corrected chi connectivity index (χ3v) is 5.30. The maximum Gasteiger partial charge on any atom is 0.244 e. The molecule has 4 rings (SSSR count). The number of halogens is 1. The first kappa shape index (κ1) is 15.7. The molecule has 1 fully saturated rings. The highest BCUT2D eigenvalue weighted by molar-refractivity contribution is 6.30. The van der Waals surface area contributed by atoms with E-state index in [2.05, 4.69) is 16.1 Å². The van der Waals surface area contributed by atoms with Crippen molar-refractivity contribution < 1.29 is 4.79 Å². The lowest BCUT2D eigenvalue weighted by molar-refractivity contribution is -0.125. The summed E-state index contributed by atoms with van der Waals surface area (Å²) in [7, 11) is 1.88. The monoisotopic (exact) mass is 344 g/mol. The molecule has 0 aliphatic carbocycles. The fourth-order valence-electron chi connectivity index (χ4n) is 3.81. The van der Waals surface area contributed by atoms with Crippen LogP contribution in [-0.2, 0) is 24.8 Å². The van der Waals surface area contributed by atoms with Gasteiger partial charge in [-0.25, -0.2) is 0 Å². The summed E-state index contributed by atoms with van der Waals surface area (Å²) in [6.07, 6.45) is 6.59. The Morgan fingerprint density at radius 2 is 2.12 bits per heavy atom. The van der Waals surface area contributed by atoms with Gasteiger partial charge in [-0.2, -0.15) is 5.10 Å². The van der Waals surface area contributed by atoms with E-state index in [4.69, 9.17) is 11.6 Å². The van der Waals surface area contributed by atoms with Gasteiger partial charge in [-0.05, 0) is 42.5 Å². The normalized spacial score (nSPS) is 21.8. The van der Waals surface area contributed by atoms with Crippen LogP contribution >= 0.6 is 11.6 Å². The van der Waals surface area contributed by atoms with Crippen molar-refractivity contribution in [2.45, 2.75) is 31.8 Å². The van der Waals surface area contributed by atoms with Crippen LogP contribution in [0.1, 0.15) is 24.0 Å². The van der Waals surface area contributed by atoms with Crippen molar-refractivity contribution >= 4 is 23.2 Å². The predicted octanol–water partition coefficient (Wildman–Crippen LogP) is 2.63. The van der Waals surface area contributed by atoms with E-state index < -0.39 is 0 Å². The first-order valence-electron chi connectivity index (χ1n) is 8.43. The summed E-state index contributed by atoms with van der Waals surface area (Å²) in [6, 6.07) is 6.05. The van der Waals surface area contributed by atoms with Crippen molar-refractivity contribution in [3.05, 3.63) is 46.7 Å². The van der Waals surface area contributed by atoms with E-state index in [1.807, 2.05) is 30.3 Å². The molecule has 2 aliphatic rings. The van der Waals surface area contributed by atoms with Gasteiger partial charge in [0.1, 0.15) is 0 Å². The zero-order valence-corrected chi connectivity index (χ0v) is 14.5. The standard InChI is InChI=1S/C18H21ClN4O/c1-21-12-16(10-20-21)23-7-2-3-17(18(23)24)22-8-6-13-4-5-15(19)9-14(13)11-22/h4-5,9-10,12,17H,2-3,6-8,11H2,1H3. The maximum absolute atomic E-state index is 13.0. The van der Waals surface area contributed by atoms with Crippen molar-refractivity contribution in [3.63, 3.8) is 0 Å². The largest absolute Gasteiger partial charge is 0.308 e. The molecule has 1 aromatic heterocycles. The summed E-state index contributed by atoms with van der Waals surface area (Å²) in [4.78, 5) is 17.2. The first-order chi connectivity index (χ1) is 11.6. The average Bonchev–Trinajstić information content (AvgIpc) is 3.00. The van der Waals surface area contributed by atoms with Gasteiger partial charge in [0.2, 0.25) is 5.91 Å². The summed E-state index contributed by atoms with van der Waals surface area (Å²) < 4.78 is 1.74. The molecule has 1 saturated heterocycles. The Kier molecular flexibility index (Phi) is 4.06. The number of nitrogens with zero attached hydrogens (tertiary/aromatic N) is 4. The SMILES string of the molecule is Cn1cc(N2CCCC(N3CCc4ccc(Cl)cc4C3)C2=O)cn1. The maximum atomic E-state index is 13.0. The Bertz CT molecular complexity index is 772. The van der Waals surface area contributed by atoms with Gasteiger partial charge in [0.25, 0.3) is 0 Å². The molecule has 126 valence electrons. The molecule has 0 bridgehead atoms. The molecule has 24 heavy (non-hydrogen) atoms. The number of aromatic nitrogens is 2. The second-order valence-corrected chi connectivity index (χ2v) is 7.09. The summed E-state index contributed by atoms with van der Waals surface area (Å²) in [6.45, 7) is 2.50. The molecule has 6 heteroatoms. The Balaban J connectivity index is 1.55. The van der Waals surface area contributed by atoms with Crippen LogP contribution in [0.25, 0.3) is 0 Å². The van der Waals surface area contributed by atoms with Gasteiger partial charge in [0, 0.05) is 37.9 Å². The van der Waals surface area contributed by atoms with Crippen molar-refractivity contribution in [2.24, 2.45) is 7.05 Å². The van der Waals surface area contributed by atoms with Crippen LogP contribution in [-0.4, -0.2) is 39.7 Å². The van der Waals surface area contributed by atoms with E-state index in [0.717, 1.165) is 49.6 Å². The minimum Gasteiger partial charge on any atom is -0.308 e. The third kappa shape index (κ3) is 2.82. The lowest BCUT2D eigenvalue weighted by atomic mass is 9.95. The fourth-order valence-corrected chi connectivity index (χ4v) is 4.01. The zero-order chi connectivity index (χ0) is 16.7. The smallest absolute Gasteiger partial charge is 0.244 e. The fraction of sp³-hybridized carbons (Fsp3) is 0.444. The van der Waals surface area contributed by atoms with Crippen LogP contribution in [0.2, 0.25) is 5.02 Å². The molecule has 5 nitrogen and oxygen atoms in total. The average molecular weight is 345 g/mol. The molecule has 3 heterocycles. The molecule has 0 N–H and O–H groups in total. The van der Waals surface area contributed by atoms with Crippen molar-refractivity contribution in [3.8, 4) is 0 Å². The van der Waals surface area contributed by atoms with Crippen molar-refractivity contribution in [1.29, 1.82) is 0 Å². The van der Waals surface area contributed by atoms with Gasteiger partial charge in [-0.3, -0.25) is 14.4 Å². The number of carbonyl (C=O) groups excluding carboxylic acids is 1. The number of hydrogen-bond donors (Lipinski definition) is 0. The molecule has 0 spiro atoms. The number of rotatable bonds is 2. The van der Waals surface area contributed by atoms with Gasteiger partial charge in [-0.1, -0.05) is 17.7 Å². The second kappa shape index (κ2) is 6.22. The Hall–Kier alpha value is -1.85. The highest BCUT2D eigenvalue weighted by Gasteiger charge is 2.35. The lowest BCUT2D eigenvalue weighted by Crippen LogP contribution is -2.53. The summed E-state index contributed by atoms with van der Waals surface area (Å²) in [5.41, 5.74) is 3.50. The van der Waals surface area contributed by atoms with Gasteiger partial charge in [0.05, 0.1) is 17.9 Å². The summed E-state index contributed by atoms with van der Waals surface area (Å²) in [5, 5.41) is 4.96. The van der Waals surface area contributed by atoms with Crippen LogP contribution < -0.4 is 4.90 Å². The number of aryl methyl sites for hydroxylation is 1. The number of benzene rings is 1. The highest BCUT2D eigenvalue weighted by Crippen LogP contribution is 2.28. The molecule has 1 amide bonds. The number of amides is 1. The topological polar surface area (TPSA) is 41.4 Å². The van der Waals surface area contributed by atoms with Crippen LogP contribution in [0.15, 0.2) is 30.6 Å². The van der Waals surface area contributed by atoms with E-state index in [0.29, 0.717) is 0 Å². The van der Waals surface area contributed by atoms with Gasteiger partial charge < -0.3 is 4.90 Å². The Morgan fingerprint density at radius 3 is 2.92 bits per heavy atom. The molecule has 1 atom stereocenters. The third-order valence-electron chi connectivity index (χ3n) is 5.06. The summed E-state index contributed by atoms with van der Waals surface area (Å²) >= 11 is 6.14. The molecule has 2 aromatic rings. The second-order valence-electron chi connectivity index (χ2n) is 6.65. The molecular formula is C18H21ClN4O. The molecular weight excluding hydrogens is 324 g/mol. The van der Waals surface area contributed by atoms with E-state index in [1.165, 1.54) is 11.1 Å². The quantitative estimate of drug-likeness (QED) is 0.841. The van der Waals surface area contributed by atoms with Crippen LogP contribution in [0.5, 0.6) is 0 Å². The van der Waals surface area contributed by atoms with E-state index in [-0.39, 0.29) is 11.9 Å². The molecule has 0 radical (unpaired) electrons. The lowest BCUT2D eigenvalue weighted by Gasteiger charge is -2.40. The van der Waals surface area contributed by atoms with Crippen LogP contribution in [0.3, 0.4) is 0 Å². The number of fused-ring (bicyclic) bond motifs is 1. The number of carbonyl (C=O) groups is 1. The van der Waals surface area contributed by atoms with Gasteiger partial charge in [-0.15, -0.1) is 0 Å². The van der Waals surface area contributed by atoms with E-state index >= 15 is 0 Å².